The zero-order valence-electron chi connectivity index (χ0n) is 18.1. The van der Waals surface area contributed by atoms with Crippen LogP contribution in [-0.4, -0.2) is 39.5 Å². The van der Waals surface area contributed by atoms with Crippen LogP contribution in [-0.2, 0) is 9.59 Å². The van der Waals surface area contributed by atoms with Crippen LogP contribution in [0.15, 0.2) is 24.3 Å². The first kappa shape index (κ1) is 23.0. The number of anilines is 1. The zero-order valence-corrected chi connectivity index (χ0v) is 18.9. The van der Waals surface area contributed by atoms with Gasteiger partial charge in [0, 0.05) is 17.5 Å². The van der Waals surface area contributed by atoms with Crippen LogP contribution in [0.3, 0.4) is 0 Å². The molecule has 7 heteroatoms. The Morgan fingerprint density at radius 1 is 1.21 bits per heavy atom. The zero-order chi connectivity index (χ0) is 21.4. The fourth-order valence-electron chi connectivity index (χ4n) is 3.18. The Labute approximate surface area is 177 Å². The van der Waals surface area contributed by atoms with Crippen molar-refractivity contribution >= 4 is 28.3 Å². The monoisotopic (exact) mass is 416 g/mol. The molecule has 1 heterocycles. The fourth-order valence-corrected chi connectivity index (χ4v) is 3.94. The van der Waals surface area contributed by atoms with Crippen LogP contribution in [0.1, 0.15) is 58.9 Å². The van der Waals surface area contributed by atoms with Crippen molar-refractivity contribution in [2.24, 2.45) is 5.92 Å². The molecule has 2 rings (SSSR count). The number of carbonyl (C=O) groups excluding carboxylic acids is 2. The lowest BCUT2D eigenvalue weighted by Crippen LogP contribution is -2.45. The van der Waals surface area contributed by atoms with E-state index in [2.05, 4.69) is 22.4 Å². The molecule has 0 spiro atoms. The fraction of sp³-hybridized carbons (Fsp3) is 0.545. The standard InChI is InChI=1S/C22H32N4O2S/c1-6-8-11-17(7-2)21(28)26(15(3)4)14-19(27)23-22-25-24-20(29-22)18-12-9-10-16(5)13-18/h9-10,12-13,15,17H,6-8,11,14H2,1-5H3,(H,23,25,27)/t17-/m0/s1. The number of aryl methyl sites for hydroxylation is 1. The van der Waals surface area contributed by atoms with Crippen molar-refractivity contribution in [3.63, 3.8) is 0 Å². The molecule has 0 saturated heterocycles. The molecule has 6 nitrogen and oxygen atoms in total. The van der Waals surface area contributed by atoms with Gasteiger partial charge >= 0.3 is 0 Å². The first-order valence-corrected chi connectivity index (χ1v) is 11.2. The average Bonchev–Trinajstić information content (AvgIpc) is 3.14. The number of carbonyl (C=O) groups is 2. The number of hydrogen-bond acceptors (Lipinski definition) is 5. The lowest BCUT2D eigenvalue weighted by Gasteiger charge is -2.29. The summed E-state index contributed by atoms with van der Waals surface area (Å²) in [5.74, 6) is -0.215. The van der Waals surface area contributed by atoms with Crippen LogP contribution < -0.4 is 5.32 Å². The quantitative estimate of drug-likeness (QED) is 0.597. The van der Waals surface area contributed by atoms with Gasteiger partial charge in [0.05, 0.1) is 0 Å². The van der Waals surface area contributed by atoms with Gasteiger partial charge in [-0.2, -0.15) is 0 Å². The number of benzene rings is 1. The average molecular weight is 417 g/mol. The van der Waals surface area contributed by atoms with Gasteiger partial charge in [-0.05, 0) is 39.7 Å². The first-order valence-electron chi connectivity index (χ1n) is 10.4. The Morgan fingerprint density at radius 2 is 1.97 bits per heavy atom. The normalized spacial score (nSPS) is 12.1. The van der Waals surface area contributed by atoms with Crippen molar-refractivity contribution in [3.8, 4) is 10.6 Å². The molecule has 1 atom stereocenters. The maximum atomic E-state index is 13.0. The van der Waals surface area contributed by atoms with E-state index in [4.69, 9.17) is 0 Å². The summed E-state index contributed by atoms with van der Waals surface area (Å²) >= 11 is 1.33. The summed E-state index contributed by atoms with van der Waals surface area (Å²) < 4.78 is 0. The number of unbranched alkanes of at least 4 members (excludes halogenated alkanes) is 1. The summed E-state index contributed by atoms with van der Waals surface area (Å²) in [4.78, 5) is 27.2. The molecule has 158 valence electrons. The largest absolute Gasteiger partial charge is 0.331 e. The molecule has 0 aliphatic rings. The van der Waals surface area contributed by atoms with E-state index in [0.717, 1.165) is 41.8 Å². The number of aromatic nitrogens is 2. The van der Waals surface area contributed by atoms with E-state index in [0.29, 0.717) is 5.13 Å². The van der Waals surface area contributed by atoms with E-state index >= 15 is 0 Å². The third-order valence-electron chi connectivity index (χ3n) is 4.90. The molecule has 0 saturated carbocycles. The minimum Gasteiger partial charge on any atom is -0.331 e. The molecular weight excluding hydrogens is 384 g/mol. The highest BCUT2D eigenvalue weighted by molar-refractivity contribution is 7.18. The smallest absolute Gasteiger partial charge is 0.245 e. The van der Waals surface area contributed by atoms with Crippen LogP contribution in [0, 0.1) is 12.8 Å². The first-order chi connectivity index (χ1) is 13.8. The lowest BCUT2D eigenvalue weighted by molar-refractivity contribution is -0.140. The van der Waals surface area contributed by atoms with Crippen molar-refractivity contribution in [1.82, 2.24) is 15.1 Å². The third-order valence-corrected chi connectivity index (χ3v) is 5.79. The third kappa shape index (κ3) is 6.63. The highest BCUT2D eigenvalue weighted by Crippen LogP contribution is 2.27. The lowest BCUT2D eigenvalue weighted by atomic mass is 9.97. The Kier molecular flexibility index (Phi) is 8.76. The number of nitrogens with zero attached hydrogens (tertiary/aromatic N) is 3. The molecule has 0 aliphatic carbocycles. The van der Waals surface area contributed by atoms with Gasteiger partial charge in [0.1, 0.15) is 11.6 Å². The summed E-state index contributed by atoms with van der Waals surface area (Å²) in [5, 5.41) is 12.3. The topological polar surface area (TPSA) is 75.2 Å². The van der Waals surface area contributed by atoms with Gasteiger partial charge in [0.2, 0.25) is 16.9 Å². The van der Waals surface area contributed by atoms with Gasteiger partial charge < -0.3 is 4.90 Å². The minimum absolute atomic E-state index is 0.0263. The highest BCUT2D eigenvalue weighted by Gasteiger charge is 2.26. The maximum absolute atomic E-state index is 13.0. The summed E-state index contributed by atoms with van der Waals surface area (Å²) in [5.41, 5.74) is 2.12. The van der Waals surface area contributed by atoms with Crippen molar-refractivity contribution in [3.05, 3.63) is 29.8 Å². The second kappa shape index (κ2) is 11.0. The Hall–Kier alpha value is -2.28. The molecule has 0 unspecified atom stereocenters. The molecule has 1 N–H and O–H groups in total. The molecule has 0 aliphatic heterocycles. The van der Waals surface area contributed by atoms with Crippen LogP contribution in [0.25, 0.3) is 10.6 Å². The van der Waals surface area contributed by atoms with Gasteiger partial charge in [-0.25, -0.2) is 0 Å². The molecule has 0 fully saturated rings. The van der Waals surface area contributed by atoms with Gasteiger partial charge in [0.15, 0.2) is 0 Å². The summed E-state index contributed by atoms with van der Waals surface area (Å²) in [7, 11) is 0. The van der Waals surface area contributed by atoms with E-state index in [1.54, 1.807) is 4.90 Å². The van der Waals surface area contributed by atoms with E-state index in [1.165, 1.54) is 11.3 Å². The van der Waals surface area contributed by atoms with Gasteiger partial charge in [0.25, 0.3) is 0 Å². The number of nitrogens with one attached hydrogen (secondary N) is 1. The van der Waals surface area contributed by atoms with Crippen LogP contribution >= 0.6 is 11.3 Å². The van der Waals surface area contributed by atoms with Crippen molar-refractivity contribution in [2.45, 2.75) is 66.3 Å². The molecule has 2 amide bonds. The van der Waals surface area contributed by atoms with Crippen LogP contribution in [0.5, 0.6) is 0 Å². The molecule has 1 aromatic heterocycles. The summed E-state index contributed by atoms with van der Waals surface area (Å²) in [6.45, 7) is 10.1. The molecule has 0 bridgehead atoms. The van der Waals surface area contributed by atoms with Crippen LogP contribution in [0.2, 0.25) is 0 Å². The molecule has 1 aromatic carbocycles. The number of hydrogen-bond donors (Lipinski definition) is 1. The number of amides is 2. The molecule has 29 heavy (non-hydrogen) atoms. The molecule has 2 aromatic rings. The second-order valence-electron chi connectivity index (χ2n) is 7.64. The van der Waals surface area contributed by atoms with Crippen molar-refractivity contribution in [1.29, 1.82) is 0 Å². The summed E-state index contributed by atoms with van der Waals surface area (Å²) in [6, 6.07) is 7.96. The maximum Gasteiger partial charge on any atom is 0.245 e. The Morgan fingerprint density at radius 3 is 2.59 bits per heavy atom. The van der Waals surface area contributed by atoms with Crippen molar-refractivity contribution < 1.29 is 9.59 Å². The molecule has 0 radical (unpaired) electrons. The van der Waals surface area contributed by atoms with E-state index < -0.39 is 0 Å². The second-order valence-corrected chi connectivity index (χ2v) is 8.61. The van der Waals surface area contributed by atoms with E-state index in [1.807, 2.05) is 52.0 Å². The van der Waals surface area contributed by atoms with E-state index in [9.17, 15) is 9.59 Å². The predicted molar refractivity (Wildman–Crippen MR) is 119 cm³/mol. The van der Waals surface area contributed by atoms with Crippen molar-refractivity contribution in [2.75, 3.05) is 11.9 Å². The SMILES string of the molecule is CCCC[C@H](CC)C(=O)N(CC(=O)Nc1nnc(-c2cccc(C)c2)s1)C(C)C. The minimum atomic E-state index is -0.246. The van der Waals surface area contributed by atoms with Crippen LogP contribution in [0.4, 0.5) is 5.13 Å². The van der Waals surface area contributed by atoms with Gasteiger partial charge in [-0.1, -0.05) is 61.8 Å². The Balaban J connectivity index is 2.03. The Bertz CT molecular complexity index is 819. The summed E-state index contributed by atoms with van der Waals surface area (Å²) in [6.07, 6.45) is 3.74. The van der Waals surface area contributed by atoms with Gasteiger partial charge in [-0.3, -0.25) is 14.9 Å². The number of rotatable bonds is 10. The highest BCUT2D eigenvalue weighted by atomic mass is 32.1. The van der Waals surface area contributed by atoms with Gasteiger partial charge in [-0.15, -0.1) is 10.2 Å². The van der Waals surface area contributed by atoms with E-state index in [-0.39, 0.29) is 30.3 Å². The molecular formula is C22H32N4O2S. The predicted octanol–water partition coefficient (Wildman–Crippen LogP) is 4.91.